The second kappa shape index (κ2) is 29.5. The minimum Gasteiger partial charge on any atom is -0.508 e. The summed E-state index contributed by atoms with van der Waals surface area (Å²) in [6.45, 7) is -1.69. The van der Waals surface area contributed by atoms with E-state index >= 15 is 0 Å². The summed E-state index contributed by atoms with van der Waals surface area (Å²) >= 11 is 0. The Bertz CT molecular complexity index is 4160. The molecule has 3 heterocycles. The van der Waals surface area contributed by atoms with Gasteiger partial charge in [-0.1, -0.05) is 0 Å². The lowest BCUT2D eigenvalue weighted by Crippen LogP contribution is -2.46. The van der Waals surface area contributed by atoms with Crippen molar-refractivity contribution in [2.75, 3.05) is 79.1 Å². The Labute approximate surface area is 540 Å². The van der Waals surface area contributed by atoms with Gasteiger partial charge >= 0.3 is 0 Å². The van der Waals surface area contributed by atoms with Gasteiger partial charge in [0, 0.05) is 90.5 Å². The van der Waals surface area contributed by atoms with Gasteiger partial charge in [0.05, 0.1) is 39.6 Å². The highest BCUT2D eigenvalue weighted by molar-refractivity contribution is 5.91. The van der Waals surface area contributed by atoms with Crippen molar-refractivity contribution in [2.45, 2.75) is 19.3 Å². The fourth-order valence-electron chi connectivity index (χ4n) is 10.8. The van der Waals surface area contributed by atoms with Gasteiger partial charge in [0.2, 0.25) is 51.3 Å². The van der Waals surface area contributed by atoms with E-state index in [2.05, 4.69) is 16.0 Å². The Kier molecular flexibility index (Phi) is 20.6. The summed E-state index contributed by atoms with van der Waals surface area (Å²) in [6.07, 6.45) is 0.0730. The van der Waals surface area contributed by atoms with Gasteiger partial charge in [0.15, 0.2) is 51.8 Å². The van der Waals surface area contributed by atoms with E-state index < -0.39 is 138 Å². The van der Waals surface area contributed by atoms with Crippen molar-refractivity contribution in [1.82, 2.24) is 16.0 Å². The van der Waals surface area contributed by atoms with Crippen LogP contribution in [-0.4, -0.2) is 158 Å². The highest BCUT2D eigenvalue weighted by Gasteiger charge is 2.39. The lowest BCUT2D eigenvalue weighted by Gasteiger charge is -2.33. The molecule has 30 nitrogen and oxygen atoms in total. The van der Waals surface area contributed by atoms with Crippen molar-refractivity contribution < 1.29 is 117 Å². The normalized spacial score (nSPS) is 14.6. The summed E-state index contributed by atoms with van der Waals surface area (Å²) in [7, 11) is 0. The molecule has 1 aliphatic carbocycles. The number of carbonyl (C=O) groups excluding carboxylic acids is 3. The SMILES string of the molecule is O=C(NCCOCCOc1c(-c2ccc(O)c(O)c2)oc2cc(O)cc(O)c2c1=O)C1CC(C(=O)NCCOCCOc2c(-c3ccc(O)c(O)c3)oc3cc(O)cc(O)c3c2=O)CC(C(=O)NCCOCCOc2c(-c3ccc(O)c(O)c3)oc3cc(O)cc(O)c3c2=O)C1. The molecule has 15 N–H and O–H groups in total. The van der Waals surface area contributed by atoms with Gasteiger partial charge in [-0.25, -0.2) is 0 Å². The van der Waals surface area contributed by atoms with Crippen LogP contribution in [0.15, 0.2) is 119 Å². The number of phenolic OH excluding ortho intramolecular Hbond substituents is 12. The minimum absolute atomic E-state index is 0.0243. The first kappa shape index (κ1) is 67.1. The van der Waals surface area contributed by atoms with Crippen LogP contribution in [0, 0.1) is 17.8 Å². The molecule has 6 aromatic carbocycles. The van der Waals surface area contributed by atoms with Crippen molar-refractivity contribution in [3.8, 4) is 120 Å². The third-order valence-corrected chi connectivity index (χ3v) is 15.3. The van der Waals surface area contributed by atoms with E-state index in [9.17, 15) is 90.0 Å². The summed E-state index contributed by atoms with van der Waals surface area (Å²) in [5.41, 5.74) is -2.81. The molecule has 0 saturated heterocycles. The predicted octanol–water partition coefficient (Wildman–Crippen LogP) is 5.44. The number of fused-ring (bicyclic) bond motifs is 3. The van der Waals surface area contributed by atoms with Crippen molar-refractivity contribution >= 4 is 50.6 Å². The van der Waals surface area contributed by atoms with Crippen LogP contribution in [0.4, 0.5) is 0 Å². The first-order valence-corrected chi connectivity index (χ1v) is 29.6. The number of rotatable bonds is 27. The maximum atomic E-state index is 13.9. The number of benzene rings is 6. The van der Waals surface area contributed by atoms with Crippen molar-refractivity contribution in [1.29, 1.82) is 0 Å². The summed E-state index contributed by atoms with van der Waals surface area (Å²) < 4.78 is 52.0. The molecule has 0 unspecified atom stereocenters. The molecule has 10 rings (SSSR count). The van der Waals surface area contributed by atoms with E-state index in [1.54, 1.807) is 0 Å². The molecule has 3 aromatic heterocycles. The molecule has 0 atom stereocenters. The van der Waals surface area contributed by atoms with Crippen LogP contribution >= 0.6 is 0 Å². The van der Waals surface area contributed by atoms with E-state index in [4.69, 9.17) is 41.7 Å². The first-order chi connectivity index (χ1) is 46.0. The molecule has 96 heavy (non-hydrogen) atoms. The van der Waals surface area contributed by atoms with Gasteiger partial charge < -0.3 is 119 Å². The van der Waals surface area contributed by atoms with Crippen LogP contribution in [0.2, 0.25) is 0 Å². The Morgan fingerprint density at radius 2 is 0.615 bits per heavy atom. The average Bonchev–Trinajstić information content (AvgIpc) is 0.781. The van der Waals surface area contributed by atoms with Gasteiger partial charge in [0.1, 0.15) is 87.2 Å². The molecule has 0 bridgehead atoms. The lowest BCUT2D eigenvalue weighted by atomic mass is 9.74. The van der Waals surface area contributed by atoms with E-state index in [0.29, 0.717) is 0 Å². The van der Waals surface area contributed by atoms with E-state index in [1.807, 2.05) is 0 Å². The number of aromatic hydroxyl groups is 12. The maximum Gasteiger partial charge on any atom is 0.239 e. The predicted molar refractivity (Wildman–Crippen MR) is 336 cm³/mol. The molecule has 0 radical (unpaired) electrons. The van der Waals surface area contributed by atoms with Gasteiger partial charge in [-0.2, -0.15) is 0 Å². The summed E-state index contributed by atoms with van der Waals surface area (Å²) in [5.74, 6) is -11.9. The number of hydrogen-bond acceptors (Lipinski definition) is 27. The van der Waals surface area contributed by atoms with Crippen LogP contribution < -0.4 is 46.4 Å². The first-order valence-electron chi connectivity index (χ1n) is 29.6. The average molecular weight is 1330 g/mol. The standard InChI is InChI=1S/C66H63N3O27/c70-37-25-46(79)52-49(28-37)94-58(31-1-4-40(73)43(76)22-31)61(55(52)82)91-16-13-88-10-7-67-64(85)34-19-35(65(86)68-8-11-89-14-17-92-62-56(83)53-47(80)26-38(71)29-50(53)95-59(62)32-2-5-41(74)44(77)23-32)21-36(20-34)66(87)69-9-12-90-15-18-93-63-57(84)54-48(81)27-39(72)30-51(54)96-60(63)33-3-6-42(75)45(78)24-33/h1-6,22-30,34-36,70-81H,7-21H2,(H,67,85)(H,68,86)(H,69,87). The van der Waals surface area contributed by atoms with Crippen molar-refractivity contribution in [2.24, 2.45) is 17.8 Å². The zero-order valence-corrected chi connectivity index (χ0v) is 50.5. The Morgan fingerprint density at radius 3 is 0.875 bits per heavy atom. The van der Waals surface area contributed by atoms with Gasteiger partial charge in [-0.15, -0.1) is 0 Å². The fourth-order valence-corrected chi connectivity index (χ4v) is 10.8. The third-order valence-electron chi connectivity index (χ3n) is 15.3. The zero-order valence-electron chi connectivity index (χ0n) is 50.5. The Balaban J connectivity index is 0.742. The number of carbonyl (C=O) groups is 3. The van der Waals surface area contributed by atoms with Crippen LogP contribution in [0.3, 0.4) is 0 Å². The molecular weight excluding hydrogens is 1270 g/mol. The quantitative estimate of drug-likeness (QED) is 0.0225. The number of hydrogen-bond donors (Lipinski definition) is 15. The monoisotopic (exact) mass is 1330 g/mol. The molecule has 0 aliphatic heterocycles. The van der Waals surface area contributed by atoms with Gasteiger partial charge in [-0.3, -0.25) is 28.8 Å². The zero-order chi connectivity index (χ0) is 68.5. The molecule has 504 valence electrons. The third kappa shape index (κ3) is 15.2. The largest absolute Gasteiger partial charge is 0.508 e. The number of ether oxygens (including phenoxy) is 6. The molecule has 1 saturated carbocycles. The topological polar surface area (TPSA) is 476 Å². The smallest absolute Gasteiger partial charge is 0.239 e. The second-order valence-electron chi connectivity index (χ2n) is 21.9. The van der Waals surface area contributed by atoms with E-state index in [0.717, 1.165) is 72.8 Å². The highest BCUT2D eigenvalue weighted by atomic mass is 16.5. The number of nitrogens with one attached hydrogen (secondary N) is 3. The number of phenols is 12. The van der Waals surface area contributed by atoms with Crippen molar-refractivity contribution in [3.05, 3.63) is 122 Å². The fraction of sp³-hybridized carbons (Fsp3) is 0.273. The minimum atomic E-state index is -0.870. The Hall–Kier alpha value is -11.8. The van der Waals surface area contributed by atoms with E-state index in [1.165, 1.54) is 18.2 Å². The molecular formula is C66H63N3O27. The molecule has 30 heteroatoms. The molecule has 1 aliphatic rings. The summed E-state index contributed by atoms with van der Waals surface area (Å²) in [5, 5.41) is 129. The number of amides is 3. The van der Waals surface area contributed by atoms with Crippen LogP contribution in [0.1, 0.15) is 19.3 Å². The van der Waals surface area contributed by atoms with Crippen LogP contribution in [0.5, 0.6) is 86.2 Å². The molecule has 0 spiro atoms. The van der Waals surface area contributed by atoms with Crippen LogP contribution in [-0.2, 0) is 28.6 Å². The van der Waals surface area contributed by atoms with Gasteiger partial charge in [0.25, 0.3) is 0 Å². The summed E-state index contributed by atoms with van der Waals surface area (Å²) in [4.78, 5) is 82.6. The molecule has 9 aromatic rings. The molecule has 1 fully saturated rings. The summed E-state index contributed by atoms with van der Waals surface area (Å²) in [6, 6.07) is 16.9. The maximum absolute atomic E-state index is 13.9. The second-order valence-corrected chi connectivity index (χ2v) is 21.9. The Morgan fingerprint density at radius 1 is 0.344 bits per heavy atom. The van der Waals surface area contributed by atoms with Gasteiger partial charge in [-0.05, 0) is 73.9 Å². The lowest BCUT2D eigenvalue weighted by molar-refractivity contribution is -0.135. The molecule has 3 amide bonds. The van der Waals surface area contributed by atoms with Crippen LogP contribution in [0.25, 0.3) is 66.9 Å². The van der Waals surface area contributed by atoms with E-state index in [-0.39, 0.29) is 165 Å². The highest BCUT2D eigenvalue weighted by Crippen LogP contribution is 2.43. The van der Waals surface area contributed by atoms with Crippen molar-refractivity contribution in [3.63, 3.8) is 0 Å².